The Morgan fingerprint density at radius 2 is 2.00 bits per heavy atom. The van der Waals surface area contributed by atoms with E-state index in [9.17, 15) is 0 Å². The van der Waals surface area contributed by atoms with Crippen LogP contribution in [0.2, 0.25) is 0 Å². The van der Waals surface area contributed by atoms with E-state index >= 15 is 0 Å². The van der Waals surface area contributed by atoms with Gasteiger partial charge in [0.15, 0.2) is 0 Å². The summed E-state index contributed by atoms with van der Waals surface area (Å²) in [5.41, 5.74) is 0. The smallest absolute Gasteiger partial charge is 0.0107 e. The van der Waals surface area contributed by atoms with Gasteiger partial charge in [-0.15, -0.1) is 0 Å². The third kappa shape index (κ3) is 3.16. The molecule has 0 radical (unpaired) electrons. The summed E-state index contributed by atoms with van der Waals surface area (Å²) < 4.78 is 1.29. The van der Waals surface area contributed by atoms with E-state index in [4.69, 9.17) is 0 Å². The third-order valence-electron chi connectivity index (χ3n) is 1.82. The number of hydrogen-bond acceptors (Lipinski definition) is 2. The Morgan fingerprint density at radius 1 is 1.30 bits per heavy atom. The van der Waals surface area contributed by atoms with Crippen LogP contribution in [-0.4, -0.2) is 42.1 Å². The number of nitrogens with zero attached hydrogens (tertiary/aromatic N) is 1. The summed E-state index contributed by atoms with van der Waals surface area (Å²) in [5, 5.41) is 3.35. The zero-order valence-corrected chi connectivity index (χ0v) is 8.43. The standard InChI is InChI=1S/C7H15IN2/c8-2-1-5-10-6-3-9-4-7-10/h9H,1-7H2. The van der Waals surface area contributed by atoms with Crippen LogP contribution in [0.15, 0.2) is 0 Å². The van der Waals surface area contributed by atoms with Crippen LogP contribution >= 0.6 is 22.6 Å². The fourth-order valence-corrected chi connectivity index (χ4v) is 1.56. The molecule has 0 atom stereocenters. The Morgan fingerprint density at radius 3 is 2.60 bits per heavy atom. The van der Waals surface area contributed by atoms with Crippen molar-refractivity contribution >= 4 is 22.6 Å². The molecule has 1 fully saturated rings. The lowest BCUT2D eigenvalue weighted by Crippen LogP contribution is -2.43. The van der Waals surface area contributed by atoms with Crippen molar-refractivity contribution in [2.24, 2.45) is 0 Å². The lowest BCUT2D eigenvalue weighted by Gasteiger charge is -2.26. The van der Waals surface area contributed by atoms with Gasteiger partial charge in [0, 0.05) is 30.6 Å². The summed E-state index contributed by atoms with van der Waals surface area (Å²) in [5.74, 6) is 0. The summed E-state index contributed by atoms with van der Waals surface area (Å²) in [4.78, 5) is 2.54. The van der Waals surface area contributed by atoms with Crippen molar-refractivity contribution in [1.82, 2.24) is 10.2 Å². The zero-order chi connectivity index (χ0) is 7.23. The maximum atomic E-state index is 3.35. The Balaban J connectivity index is 2.02. The van der Waals surface area contributed by atoms with Crippen LogP contribution in [0.4, 0.5) is 0 Å². The summed E-state index contributed by atoms with van der Waals surface area (Å²) in [6.45, 7) is 6.15. The molecular formula is C7H15IN2. The van der Waals surface area contributed by atoms with Gasteiger partial charge < -0.3 is 10.2 Å². The monoisotopic (exact) mass is 254 g/mol. The Kier molecular flexibility index (Phi) is 4.65. The molecule has 1 rings (SSSR count). The van der Waals surface area contributed by atoms with Gasteiger partial charge in [-0.2, -0.15) is 0 Å². The first kappa shape index (κ1) is 8.74. The summed E-state index contributed by atoms with van der Waals surface area (Å²) in [7, 11) is 0. The van der Waals surface area contributed by atoms with Crippen LogP contribution in [0, 0.1) is 0 Å². The van der Waals surface area contributed by atoms with E-state index in [0.29, 0.717) is 0 Å². The minimum absolute atomic E-state index is 1.18. The first-order valence-corrected chi connectivity index (χ1v) is 5.45. The van der Waals surface area contributed by atoms with Gasteiger partial charge in [-0.3, -0.25) is 0 Å². The molecule has 10 heavy (non-hydrogen) atoms. The highest BCUT2D eigenvalue weighted by Gasteiger charge is 2.07. The zero-order valence-electron chi connectivity index (χ0n) is 6.27. The van der Waals surface area contributed by atoms with E-state index in [2.05, 4.69) is 32.8 Å². The topological polar surface area (TPSA) is 15.3 Å². The Hall–Kier alpha value is 0.650. The normalized spacial score (nSPS) is 21.3. The van der Waals surface area contributed by atoms with Crippen molar-refractivity contribution in [3.63, 3.8) is 0 Å². The molecule has 0 amide bonds. The minimum Gasteiger partial charge on any atom is -0.314 e. The Bertz CT molecular complexity index is 81.7. The van der Waals surface area contributed by atoms with Crippen molar-refractivity contribution in [3.05, 3.63) is 0 Å². The van der Waals surface area contributed by atoms with Crippen molar-refractivity contribution in [1.29, 1.82) is 0 Å². The predicted molar refractivity (Wildman–Crippen MR) is 52.8 cm³/mol. The lowest BCUT2D eigenvalue weighted by molar-refractivity contribution is 0.242. The molecule has 0 saturated carbocycles. The van der Waals surface area contributed by atoms with Crippen LogP contribution in [0.5, 0.6) is 0 Å². The largest absolute Gasteiger partial charge is 0.314 e. The fourth-order valence-electron chi connectivity index (χ4n) is 1.22. The van der Waals surface area contributed by atoms with Crippen molar-refractivity contribution in [2.75, 3.05) is 37.2 Å². The molecule has 0 aromatic heterocycles. The van der Waals surface area contributed by atoms with Gasteiger partial charge in [0.1, 0.15) is 0 Å². The molecule has 60 valence electrons. The number of halogens is 1. The summed E-state index contributed by atoms with van der Waals surface area (Å²) >= 11 is 2.44. The van der Waals surface area contributed by atoms with Gasteiger partial charge in [0.05, 0.1) is 0 Å². The highest BCUT2D eigenvalue weighted by Crippen LogP contribution is 1.96. The van der Waals surface area contributed by atoms with Gasteiger partial charge in [0.2, 0.25) is 0 Å². The summed E-state index contributed by atoms with van der Waals surface area (Å²) in [6.07, 6.45) is 1.35. The quantitative estimate of drug-likeness (QED) is 0.589. The number of hydrogen-bond donors (Lipinski definition) is 1. The van der Waals surface area contributed by atoms with Crippen LogP contribution in [0.3, 0.4) is 0 Å². The molecule has 1 heterocycles. The molecule has 1 aliphatic rings. The SMILES string of the molecule is ICCCN1CCNCC1. The van der Waals surface area contributed by atoms with Crippen molar-refractivity contribution in [3.8, 4) is 0 Å². The van der Waals surface area contributed by atoms with E-state index in [1.165, 1.54) is 43.6 Å². The van der Waals surface area contributed by atoms with Gasteiger partial charge in [-0.1, -0.05) is 22.6 Å². The molecule has 0 spiro atoms. The van der Waals surface area contributed by atoms with Gasteiger partial charge >= 0.3 is 0 Å². The first-order valence-electron chi connectivity index (χ1n) is 3.92. The van der Waals surface area contributed by atoms with E-state index in [0.717, 1.165) is 0 Å². The molecule has 0 aliphatic carbocycles. The molecule has 1 N–H and O–H groups in total. The predicted octanol–water partition coefficient (Wildman–Crippen LogP) is 0.717. The van der Waals surface area contributed by atoms with E-state index in [1.807, 2.05) is 0 Å². The maximum Gasteiger partial charge on any atom is 0.0107 e. The second-order valence-electron chi connectivity index (χ2n) is 2.63. The van der Waals surface area contributed by atoms with Gasteiger partial charge in [-0.25, -0.2) is 0 Å². The molecular weight excluding hydrogens is 239 g/mol. The molecule has 2 nitrogen and oxygen atoms in total. The molecule has 0 unspecified atom stereocenters. The maximum absolute atomic E-state index is 3.35. The lowest BCUT2D eigenvalue weighted by atomic mass is 10.3. The molecule has 1 aliphatic heterocycles. The number of alkyl halides is 1. The number of piperazine rings is 1. The molecule has 0 bridgehead atoms. The second-order valence-corrected chi connectivity index (χ2v) is 3.71. The third-order valence-corrected chi connectivity index (χ3v) is 2.58. The van der Waals surface area contributed by atoms with E-state index in [-0.39, 0.29) is 0 Å². The number of rotatable bonds is 3. The second kappa shape index (κ2) is 5.32. The average Bonchev–Trinajstić information content (AvgIpc) is 2.03. The van der Waals surface area contributed by atoms with Crippen LogP contribution in [0.25, 0.3) is 0 Å². The van der Waals surface area contributed by atoms with Crippen LogP contribution in [-0.2, 0) is 0 Å². The Labute approximate surface area is 76.5 Å². The fraction of sp³-hybridized carbons (Fsp3) is 1.00. The van der Waals surface area contributed by atoms with Crippen molar-refractivity contribution in [2.45, 2.75) is 6.42 Å². The highest BCUT2D eigenvalue weighted by molar-refractivity contribution is 14.1. The van der Waals surface area contributed by atoms with Crippen LogP contribution < -0.4 is 5.32 Å². The van der Waals surface area contributed by atoms with E-state index < -0.39 is 0 Å². The molecule has 1 saturated heterocycles. The average molecular weight is 254 g/mol. The number of nitrogens with one attached hydrogen (secondary N) is 1. The minimum atomic E-state index is 1.18. The molecule has 0 aromatic carbocycles. The van der Waals surface area contributed by atoms with Gasteiger partial charge in [0.25, 0.3) is 0 Å². The first-order chi connectivity index (χ1) is 4.93. The van der Waals surface area contributed by atoms with Crippen molar-refractivity contribution < 1.29 is 0 Å². The highest BCUT2D eigenvalue weighted by atomic mass is 127. The van der Waals surface area contributed by atoms with E-state index in [1.54, 1.807) is 0 Å². The summed E-state index contributed by atoms with van der Waals surface area (Å²) in [6, 6.07) is 0. The molecule has 0 aromatic rings. The van der Waals surface area contributed by atoms with Crippen LogP contribution in [0.1, 0.15) is 6.42 Å². The van der Waals surface area contributed by atoms with Gasteiger partial charge in [-0.05, 0) is 13.0 Å². The molecule has 3 heteroatoms.